The van der Waals surface area contributed by atoms with Crippen LogP contribution in [0.25, 0.3) is 0 Å². The zero-order chi connectivity index (χ0) is 10.1. The molecule has 0 rings (SSSR count). The molecule has 0 aromatic rings. The summed E-state index contributed by atoms with van der Waals surface area (Å²) in [5.74, 6) is 0. The fourth-order valence-electron chi connectivity index (χ4n) is 1.08. The number of hydrogen-bond donors (Lipinski definition) is 1. The molecule has 0 heterocycles. The van der Waals surface area contributed by atoms with Gasteiger partial charge in [-0.25, -0.2) is 4.79 Å². The van der Waals surface area contributed by atoms with Crippen molar-refractivity contribution in [2.45, 2.75) is 39.0 Å². The van der Waals surface area contributed by atoms with E-state index in [1.165, 1.54) is 25.7 Å². The van der Waals surface area contributed by atoms with E-state index < -0.39 is 0 Å². The van der Waals surface area contributed by atoms with Gasteiger partial charge in [0.2, 0.25) is 0 Å². The Morgan fingerprint density at radius 3 is 2.31 bits per heavy atom. The van der Waals surface area contributed by atoms with Crippen molar-refractivity contribution in [3.05, 3.63) is 0 Å². The van der Waals surface area contributed by atoms with Crippen molar-refractivity contribution in [1.29, 1.82) is 0 Å². The number of hydrogen-bond acceptors (Lipinski definition) is 1. The molecule has 0 aromatic heterocycles. The largest absolute Gasteiger partial charge is 0.338 e. The second-order valence-electron chi connectivity index (χ2n) is 3.54. The van der Waals surface area contributed by atoms with E-state index in [0.29, 0.717) is 0 Å². The van der Waals surface area contributed by atoms with E-state index in [0.717, 1.165) is 13.0 Å². The van der Waals surface area contributed by atoms with E-state index in [4.69, 9.17) is 0 Å². The third kappa shape index (κ3) is 7.62. The standard InChI is InChI=1S/C10H22N2O/c1-4-5-6-7-8-9-11-10(13)12(2)3/h4-9H2,1-3H3,(H,11,13). The molecule has 1 N–H and O–H groups in total. The van der Waals surface area contributed by atoms with E-state index >= 15 is 0 Å². The summed E-state index contributed by atoms with van der Waals surface area (Å²) in [6, 6.07) is 0.00971. The molecule has 3 nitrogen and oxygen atoms in total. The topological polar surface area (TPSA) is 32.3 Å². The van der Waals surface area contributed by atoms with Gasteiger partial charge in [-0.05, 0) is 6.42 Å². The molecule has 0 saturated heterocycles. The molecule has 0 fully saturated rings. The molecule has 0 aliphatic heterocycles. The highest BCUT2D eigenvalue weighted by Crippen LogP contribution is 2.00. The van der Waals surface area contributed by atoms with Crippen molar-refractivity contribution in [1.82, 2.24) is 10.2 Å². The average molecular weight is 186 g/mol. The number of urea groups is 1. The summed E-state index contributed by atoms with van der Waals surface area (Å²) < 4.78 is 0. The first-order valence-electron chi connectivity index (χ1n) is 5.13. The number of amides is 2. The van der Waals surface area contributed by atoms with Crippen LogP contribution in [0.1, 0.15) is 39.0 Å². The molecule has 0 spiro atoms. The molecule has 0 aliphatic rings. The van der Waals surface area contributed by atoms with E-state index in [-0.39, 0.29) is 6.03 Å². The quantitative estimate of drug-likeness (QED) is 0.634. The lowest BCUT2D eigenvalue weighted by Gasteiger charge is -2.11. The van der Waals surface area contributed by atoms with Crippen molar-refractivity contribution in [2.24, 2.45) is 0 Å². The number of rotatable bonds is 6. The van der Waals surface area contributed by atoms with Gasteiger partial charge in [0.1, 0.15) is 0 Å². The Bertz CT molecular complexity index is 135. The molecular formula is C10H22N2O. The van der Waals surface area contributed by atoms with Gasteiger partial charge in [0, 0.05) is 20.6 Å². The van der Waals surface area contributed by atoms with Crippen LogP contribution in [0.3, 0.4) is 0 Å². The van der Waals surface area contributed by atoms with Gasteiger partial charge < -0.3 is 10.2 Å². The van der Waals surface area contributed by atoms with Crippen LogP contribution in [0, 0.1) is 0 Å². The van der Waals surface area contributed by atoms with Crippen molar-refractivity contribution in [3.63, 3.8) is 0 Å². The Morgan fingerprint density at radius 1 is 1.15 bits per heavy atom. The second kappa shape index (κ2) is 7.90. The summed E-state index contributed by atoms with van der Waals surface area (Å²) in [5, 5.41) is 2.85. The lowest BCUT2D eigenvalue weighted by atomic mass is 10.1. The fourth-order valence-corrected chi connectivity index (χ4v) is 1.08. The van der Waals surface area contributed by atoms with Gasteiger partial charge >= 0.3 is 6.03 Å². The Labute approximate surface area is 81.5 Å². The molecule has 0 atom stereocenters. The lowest BCUT2D eigenvalue weighted by Crippen LogP contribution is -2.34. The van der Waals surface area contributed by atoms with Gasteiger partial charge in [-0.2, -0.15) is 0 Å². The molecule has 0 unspecified atom stereocenters. The zero-order valence-electron chi connectivity index (χ0n) is 9.10. The minimum absolute atomic E-state index is 0.00971. The predicted octanol–water partition coefficient (Wildman–Crippen LogP) is 2.23. The van der Waals surface area contributed by atoms with Crippen molar-refractivity contribution in [2.75, 3.05) is 20.6 Å². The van der Waals surface area contributed by atoms with Crippen molar-refractivity contribution in [3.8, 4) is 0 Å². The molecule has 0 radical (unpaired) electrons. The van der Waals surface area contributed by atoms with Gasteiger partial charge in [0.25, 0.3) is 0 Å². The maximum absolute atomic E-state index is 11.0. The van der Waals surface area contributed by atoms with Gasteiger partial charge in [-0.3, -0.25) is 0 Å². The third-order valence-corrected chi connectivity index (χ3v) is 1.96. The number of unbranched alkanes of at least 4 members (excludes halogenated alkanes) is 4. The summed E-state index contributed by atoms with van der Waals surface area (Å²) in [6.07, 6.45) is 6.18. The predicted molar refractivity (Wildman–Crippen MR) is 55.8 cm³/mol. The van der Waals surface area contributed by atoms with Crippen LogP contribution in [0.5, 0.6) is 0 Å². The number of nitrogens with one attached hydrogen (secondary N) is 1. The minimum Gasteiger partial charge on any atom is -0.338 e. The van der Waals surface area contributed by atoms with Crippen molar-refractivity contribution >= 4 is 6.03 Å². The zero-order valence-corrected chi connectivity index (χ0v) is 9.10. The Balaban J connectivity index is 3.12. The fraction of sp³-hybridized carbons (Fsp3) is 0.900. The van der Waals surface area contributed by atoms with Crippen LogP contribution in [-0.4, -0.2) is 31.6 Å². The Hall–Kier alpha value is -0.730. The van der Waals surface area contributed by atoms with Gasteiger partial charge in [0.05, 0.1) is 0 Å². The highest BCUT2D eigenvalue weighted by Gasteiger charge is 1.99. The van der Waals surface area contributed by atoms with Gasteiger partial charge in [0.15, 0.2) is 0 Å². The summed E-state index contributed by atoms with van der Waals surface area (Å²) in [4.78, 5) is 12.6. The normalized spacial score (nSPS) is 9.77. The van der Waals surface area contributed by atoms with Crippen LogP contribution in [0.2, 0.25) is 0 Å². The number of nitrogens with zero attached hydrogens (tertiary/aromatic N) is 1. The summed E-state index contributed by atoms with van der Waals surface area (Å²) >= 11 is 0. The number of carbonyl (C=O) groups is 1. The molecule has 13 heavy (non-hydrogen) atoms. The monoisotopic (exact) mass is 186 g/mol. The first-order chi connectivity index (χ1) is 6.18. The molecule has 0 aliphatic carbocycles. The number of carbonyl (C=O) groups excluding carboxylic acids is 1. The molecule has 2 amide bonds. The molecule has 78 valence electrons. The summed E-state index contributed by atoms with van der Waals surface area (Å²) in [7, 11) is 3.51. The second-order valence-corrected chi connectivity index (χ2v) is 3.54. The Morgan fingerprint density at radius 2 is 1.77 bits per heavy atom. The van der Waals surface area contributed by atoms with E-state index in [9.17, 15) is 4.79 Å². The van der Waals surface area contributed by atoms with E-state index in [1.54, 1.807) is 19.0 Å². The third-order valence-electron chi connectivity index (χ3n) is 1.96. The smallest absolute Gasteiger partial charge is 0.316 e. The highest BCUT2D eigenvalue weighted by molar-refractivity contribution is 5.73. The lowest BCUT2D eigenvalue weighted by molar-refractivity contribution is 0.217. The van der Waals surface area contributed by atoms with Crippen LogP contribution in [0.15, 0.2) is 0 Å². The molecule has 3 heteroatoms. The molecule has 0 saturated carbocycles. The first-order valence-corrected chi connectivity index (χ1v) is 5.13. The molecule has 0 aromatic carbocycles. The molecular weight excluding hydrogens is 164 g/mol. The summed E-state index contributed by atoms with van der Waals surface area (Å²) in [5.41, 5.74) is 0. The van der Waals surface area contributed by atoms with Crippen LogP contribution >= 0.6 is 0 Å². The highest BCUT2D eigenvalue weighted by atomic mass is 16.2. The maximum atomic E-state index is 11.0. The SMILES string of the molecule is CCCCCCCNC(=O)N(C)C. The van der Waals surface area contributed by atoms with Crippen molar-refractivity contribution < 1.29 is 4.79 Å². The van der Waals surface area contributed by atoms with Crippen LogP contribution in [0.4, 0.5) is 4.79 Å². The van der Waals surface area contributed by atoms with Crippen LogP contribution < -0.4 is 5.32 Å². The summed E-state index contributed by atoms with van der Waals surface area (Å²) in [6.45, 7) is 3.01. The average Bonchev–Trinajstić information content (AvgIpc) is 2.10. The maximum Gasteiger partial charge on any atom is 0.316 e. The van der Waals surface area contributed by atoms with Gasteiger partial charge in [-0.15, -0.1) is 0 Å². The first kappa shape index (κ1) is 12.3. The minimum atomic E-state index is 0.00971. The Kier molecular flexibility index (Phi) is 7.45. The van der Waals surface area contributed by atoms with E-state index in [2.05, 4.69) is 12.2 Å². The van der Waals surface area contributed by atoms with E-state index in [1.807, 2.05) is 0 Å². The van der Waals surface area contributed by atoms with Crippen LogP contribution in [-0.2, 0) is 0 Å². The molecule has 0 bridgehead atoms. The van der Waals surface area contributed by atoms with Gasteiger partial charge in [-0.1, -0.05) is 32.6 Å².